The van der Waals surface area contributed by atoms with Crippen molar-refractivity contribution in [3.63, 3.8) is 0 Å². The van der Waals surface area contributed by atoms with Crippen molar-refractivity contribution in [2.75, 3.05) is 20.1 Å². The van der Waals surface area contributed by atoms with Crippen LogP contribution < -0.4 is 5.32 Å². The molecule has 0 radical (unpaired) electrons. The monoisotopic (exact) mass is 266 g/mol. The van der Waals surface area contributed by atoms with Gasteiger partial charge in [-0.3, -0.25) is 4.79 Å². The molecule has 1 fully saturated rings. The first-order chi connectivity index (χ1) is 8.58. The fraction of sp³-hybridized carbons (Fsp3) is 0.500. The van der Waals surface area contributed by atoms with Gasteiger partial charge in [-0.1, -0.05) is 23.7 Å². The third-order valence-corrected chi connectivity index (χ3v) is 3.91. The summed E-state index contributed by atoms with van der Waals surface area (Å²) < 4.78 is 0. The number of rotatable bonds is 4. The Morgan fingerprint density at radius 1 is 1.44 bits per heavy atom. The third kappa shape index (κ3) is 3.03. The minimum Gasteiger partial charge on any atom is -0.339 e. The average Bonchev–Trinajstić information content (AvgIpc) is 2.32. The van der Waals surface area contributed by atoms with E-state index in [2.05, 4.69) is 5.32 Å². The number of benzene rings is 1. The maximum Gasteiger partial charge on any atom is 0.223 e. The Kier molecular flexibility index (Phi) is 4.25. The zero-order chi connectivity index (χ0) is 13.1. The SMILES string of the molecule is CC(c1ccc(Cl)cc1)N(C)C(=O)CC1CNC1. The number of carbonyl (C=O) groups excluding carboxylic acids is 1. The quantitative estimate of drug-likeness (QED) is 0.908. The first-order valence-electron chi connectivity index (χ1n) is 6.29. The Bertz CT molecular complexity index is 414. The van der Waals surface area contributed by atoms with Gasteiger partial charge in [0.15, 0.2) is 0 Å². The molecule has 0 saturated carbocycles. The van der Waals surface area contributed by atoms with E-state index in [0.717, 1.165) is 23.7 Å². The van der Waals surface area contributed by atoms with Gasteiger partial charge in [0.2, 0.25) is 5.91 Å². The van der Waals surface area contributed by atoms with Crippen LogP contribution in [0, 0.1) is 5.92 Å². The molecule has 0 bridgehead atoms. The van der Waals surface area contributed by atoms with Crippen LogP contribution in [-0.4, -0.2) is 30.9 Å². The summed E-state index contributed by atoms with van der Waals surface area (Å²) in [7, 11) is 1.87. The van der Waals surface area contributed by atoms with Gasteiger partial charge in [0.05, 0.1) is 6.04 Å². The fourth-order valence-corrected chi connectivity index (χ4v) is 2.19. The van der Waals surface area contributed by atoms with Crippen molar-refractivity contribution >= 4 is 17.5 Å². The molecule has 1 aliphatic heterocycles. The third-order valence-electron chi connectivity index (χ3n) is 3.66. The van der Waals surface area contributed by atoms with Crippen molar-refractivity contribution in [3.05, 3.63) is 34.9 Å². The molecule has 1 atom stereocenters. The van der Waals surface area contributed by atoms with Crippen LogP contribution in [0.2, 0.25) is 5.02 Å². The van der Waals surface area contributed by atoms with Gasteiger partial charge in [-0.25, -0.2) is 0 Å². The van der Waals surface area contributed by atoms with Gasteiger partial charge in [-0.05, 0) is 43.6 Å². The highest BCUT2D eigenvalue weighted by Crippen LogP contribution is 2.22. The predicted molar refractivity (Wildman–Crippen MR) is 73.6 cm³/mol. The zero-order valence-electron chi connectivity index (χ0n) is 10.8. The van der Waals surface area contributed by atoms with Gasteiger partial charge in [-0.15, -0.1) is 0 Å². The molecular weight excluding hydrogens is 248 g/mol. The van der Waals surface area contributed by atoms with Gasteiger partial charge in [0, 0.05) is 18.5 Å². The second-order valence-corrected chi connectivity index (χ2v) is 5.40. The summed E-state index contributed by atoms with van der Waals surface area (Å²) >= 11 is 5.87. The number of nitrogens with one attached hydrogen (secondary N) is 1. The van der Waals surface area contributed by atoms with Crippen molar-refractivity contribution in [1.82, 2.24) is 10.2 Å². The normalized spacial score (nSPS) is 17.1. The first kappa shape index (κ1) is 13.4. The minimum absolute atomic E-state index is 0.0859. The molecule has 1 aromatic rings. The molecule has 3 nitrogen and oxygen atoms in total. The Hall–Kier alpha value is -1.06. The van der Waals surface area contributed by atoms with Gasteiger partial charge < -0.3 is 10.2 Å². The largest absolute Gasteiger partial charge is 0.339 e. The van der Waals surface area contributed by atoms with E-state index in [9.17, 15) is 4.79 Å². The van der Waals surface area contributed by atoms with Crippen LogP contribution in [0.5, 0.6) is 0 Å². The van der Waals surface area contributed by atoms with Crippen molar-refractivity contribution < 1.29 is 4.79 Å². The van der Waals surface area contributed by atoms with E-state index < -0.39 is 0 Å². The lowest BCUT2D eigenvalue weighted by atomic mass is 9.98. The highest BCUT2D eigenvalue weighted by Gasteiger charge is 2.24. The standard InChI is InChI=1S/C14H19ClN2O/c1-10(12-3-5-13(15)6-4-12)17(2)14(18)7-11-8-16-9-11/h3-6,10-11,16H,7-9H2,1-2H3. The van der Waals surface area contributed by atoms with Crippen LogP contribution in [0.1, 0.15) is 24.9 Å². The smallest absolute Gasteiger partial charge is 0.223 e. The lowest BCUT2D eigenvalue weighted by molar-refractivity contribution is -0.133. The van der Waals surface area contributed by atoms with Crippen LogP contribution in [-0.2, 0) is 4.79 Å². The van der Waals surface area contributed by atoms with Gasteiger partial charge in [-0.2, -0.15) is 0 Å². The summed E-state index contributed by atoms with van der Waals surface area (Å²) in [6.45, 7) is 3.98. The molecular formula is C14H19ClN2O. The van der Waals surface area contributed by atoms with E-state index in [4.69, 9.17) is 11.6 Å². The molecule has 1 N–H and O–H groups in total. The highest BCUT2D eigenvalue weighted by molar-refractivity contribution is 6.30. The molecule has 1 aromatic carbocycles. The molecule has 1 amide bonds. The molecule has 1 saturated heterocycles. The number of hydrogen-bond donors (Lipinski definition) is 1. The van der Waals surface area contributed by atoms with Crippen LogP contribution >= 0.6 is 11.6 Å². The molecule has 4 heteroatoms. The molecule has 0 spiro atoms. The highest BCUT2D eigenvalue weighted by atomic mass is 35.5. The Balaban J connectivity index is 1.96. The summed E-state index contributed by atoms with van der Waals surface area (Å²) in [5.74, 6) is 0.723. The van der Waals surface area contributed by atoms with Crippen LogP contribution in [0.15, 0.2) is 24.3 Å². The number of halogens is 1. The molecule has 2 rings (SSSR count). The molecule has 0 aliphatic carbocycles. The fourth-order valence-electron chi connectivity index (χ4n) is 2.06. The number of hydrogen-bond acceptors (Lipinski definition) is 2. The molecule has 1 aliphatic rings. The molecule has 98 valence electrons. The summed E-state index contributed by atoms with van der Waals surface area (Å²) in [5, 5.41) is 3.91. The summed E-state index contributed by atoms with van der Waals surface area (Å²) in [6.07, 6.45) is 0.640. The second kappa shape index (κ2) is 5.72. The van der Waals surface area contributed by atoms with E-state index >= 15 is 0 Å². The summed E-state index contributed by atoms with van der Waals surface area (Å²) in [5.41, 5.74) is 1.11. The maximum atomic E-state index is 12.1. The molecule has 1 heterocycles. The Labute approximate surface area is 113 Å². The Morgan fingerprint density at radius 2 is 2.06 bits per heavy atom. The number of amides is 1. The lowest BCUT2D eigenvalue weighted by Crippen LogP contribution is -2.45. The van der Waals surface area contributed by atoms with Gasteiger partial charge >= 0.3 is 0 Å². The average molecular weight is 267 g/mol. The van der Waals surface area contributed by atoms with Crippen molar-refractivity contribution in [2.24, 2.45) is 5.92 Å². The van der Waals surface area contributed by atoms with Crippen molar-refractivity contribution in [2.45, 2.75) is 19.4 Å². The maximum absolute atomic E-state index is 12.1. The Morgan fingerprint density at radius 3 is 2.56 bits per heavy atom. The van der Waals surface area contributed by atoms with E-state index in [1.807, 2.05) is 43.1 Å². The molecule has 1 unspecified atom stereocenters. The van der Waals surface area contributed by atoms with E-state index in [1.54, 1.807) is 0 Å². The van der Waals surface area contributed by atoms with Crippen LogP contribution in [0.25, 0.3) is 0 Å². The minimum atomic E-state index is 0.0859. The van der Waals surface area contributed by atoms with Crippen molar-refractivity contribution in [1.29, 1.82) is 0 Å². The summed E-state index contributed by atoms with van der Waals surface area (Å²) in [4.78, 5) is 13.9. The second-order valence-electron chi connectivity index (χ2n) is 4.96. The van der Waals surface area contributed by atoms with E-state index in [0.29, 0.717) is 12.3 Å². The topological polar surface area (TPSA) is 32.3 Å². The van der Waals surface area contributed by atoms with Gasteiger partial charge in [0.1, 0.15) is 0 Å². The molecule has 0 aromatic heterocycles. The van der Waals surface area contributed by atoms with Crippen LogP contribution in [0.3, 0.4) is 0 Å². The lowest BCUT2D eigenvalue weighted by Gasteiger charge is -2.31. The summed E-state index contributed by atoms with van der Waals surface area (Å²) in [6, 6.07) is 7.76. The van der Waals surface area contributed by atoms with Crippen molar-refractivity contribution in [3.8, 4) is 0 Å². The van der Waals surface area contributed by atoms with Crippen LogP contribution in [0.4, 0.5) is 0 Å². The number of carbonyl (C=O) groups is 1. The number of nitrogens with zero attached hydrogens (tertiary/aromatic N) is 1. The zero-order valence-corrected chi connectivity index (χ0v) is 11.6. The van der Waals surface area contributed by atoms with E-state index in [1.165, 1.54) is 0 Å². The predicted octanol–water partition coefficient (Wildman–Crippen LogP) is 2.47. The molecule has 18 heavy (non-hydrogen) atoms. The first-order valence-corrected chi connectivity index (χ1v) is 6.67. The van der Waals surface area contributed by atoms with Gasteiger partial charge in [0.25, 0.3) is 0 Å². The van der Waals surface area contributed by atoms with E-state index in [-0.39, 0.29) is 11.9 Å².